The summed E-state index contributed by atoms with van der Waals surface area (Å²) in [6.07, 6.45) is 2.89. The Morgan fingerprint density at radius 3 is 2.63 bits per heavy atom. The molecule has 0 unspecified atom stereocenters. The van der Waals surface area contributed by atoms with E-state index in [9.17, 15) is 0 Å². The molecule has 0 saturated heterocycles. The van der Waals surface area contributed by atoms with Crippen molar-refractivity contribution in [3.05, 3.63) is 69.2 Å². The lowest BCUT2D eigenvalue weighted by Crippen LogP contribution is -1.96. The summed E-state index contributed by atoms with van der Waals surface area (Å²) in [5, 5.41) is 0.758. The quantitative estimate of drug-likeness (QED) is 0.666. The summed E-state index contributed by atoms with van der Waals surface area (Å²) in [6.45, 7) is 2.08. The van der Waals surface area contributed by atoms with Gasteiger partial charge in [0.05, 0.1) is 5.52 Å². The lowest BCUT2D eigenvalue weighted by atomic mass is 10.1. The zero-order valence-corrected chi connectivity index (χ0v) is 12.7. The Morgan fingerprint density at radius 1 is 1.16 bits per heavy atom. The van der Waals surface area contributed by atoms with E-state index in [4.69, 9.17) is 11.6 Å². The molecule has 0 N–H and O–H groups in total. The SMILES string of the molecule is Cc1ccc2c(Br)nc(Cc3ccc(Cl)cc3)n2c1. The maximum absolute atomic E-state index is 5.91. The van der Waals surface area contributed by atoms with E-state index in [1.165, 1.54) is 11.1 Å². The zero-order valence-electron chi connectivity index (χ0n) is 10.4. The first kappa shape index (κ1) is 12.7. The summed E-state index contributed by atoms with van der Waals surface area (Å²) in [5.74, 6) is 1.02. The number of hydrogen-bond acceptors (Lipinski definition) is 1. The van der Waals surface area contributed by atoms with Crippen LogP contribution in [0.15, 0.2) is 47.2 Å². The highest BCUT2D eigenvalue weighted by atomic mass is 79.9. The Hall–Kier alpha value is -1.32. The molecular formula is C15H12BrClN2. The number of rotatable bonds is 2. The standard InChI is InChI=1S/C15H12BrClN2/c1-10-2-7-13-15(16)18-14(19(13)9-10)8-11-3-5-12(17)6-4-11/h2-7,9H,8H2,1H3. The number of halogens is 2. The number of pyridine rings is 1. The molecule has 2 heterocycles. The van der Waals surface area contributed by atoms with Crippen LogP contribution in [0, 0.1) is 6.92 Å². The van der Waals surface area contributed by atoms with Gasteiger partial charge in [-0.25, -0.2) is 4.98 Å². The summed E-state index contributed by atoms with van der Waals surface area (Å²) in [7, 11) is 0. The van der Waals surface area contributed by atoms with Crippen LogP contribution in [0.4, 0.5) is 0 Å². The summed E-state index contributed by atoms with van der Waals surface area (Å²) >= 11 is 9.42. The number of imidazole rings is 1. The van der Waals surface area contributed by atoms with Gasteiger partial charge in [-0.15, -0.1) is 0 Å². The van der Waals surface area contributed by atoms with E-state index < -0.39 is 0 Å². The molecule has 0 aliphatic heterocycles. The Labute approximate surface area is 125 Å². The lowest BCUT2D eigenvalue weighted by molar-refractivity contribution is 0.954. The van der Waals surface area contributed by atoms with Gasteiger partial charge in [-0.05, 0) is 52.2 Å². The van der Waals surface area contributed by atoms with Crippen LogP contribution in [-0.2, 0) is 6.42 Å². The number of aromatic nitrogens is 2. The predicted molar refractivity (Wildman–Crippen MR) is 81.9 cm³/mol. The average molecular weight is 336 g/mol. The first-order valence-corrected chi connectivity index (χ1v) is 7.18. The fraction of sp³-hybridized carbons (Fsp3) is 0.133. The number of aryl methyl sites for hydroxylation is 1. The smallest absolute Gasteiger partial charge is 0.132 e. The molecule has 4 heteroatoms. The summed E-state index contributed by atoms with van der Waals surface area (Å²) in [5.41, 5.74) is 3.51. The van der Waals surface area contributed by atoms with Crippen molar-refractivity contribution in [1.82, 2.24) is 9.38 Å². The molecule has 19 heavy (non-hydrogen) atoms. The van der Waals surface area contributed by atoms with Crippen molar-refractivity contribution in [1.29, 1.82) is 0 Å². The van der Waals surface area contributed by atoms with Crippen molar-refractivity contribution < 1.29 is 0 Å². The third kappa shape index (κ3) is 2.53. The molecule has 0 fully saturated rings. The van der Waals surface area contributed by atoms with Crippen molar-refractivity contribution >= 4 is 33.0 Å². The van der Waals surface area contributed by atoms with Crippen molar-refractivity contribution in [2.45, 2.75) is 13.3 Å². The molecule has 2 aromatic heterocycles. The fourth-order valence-corrected chi connectivity index (χ4v) is 2.78. The highest BCUT2D eigenvalue weighted by molar-refractivity contribution is 9.10. The summed E-state index contributed by atoms with van der Waals surface area (Å²) in [4.78, 5) is 4.60. The maximum atomic E-state index is 5.91. The predicted octanol–water partition coefficient (Wildman–Crippen LogP) is 4.65. The van der Waals surface area contributed by atoms with Crippen molar-refractivity contribution in [3.8, 4) is 0 Å². The van der Waals surface area contributed by atoms with Gasteiger partial charge in [0.25, 0.3) is 0 Å². The van der Waals surface area contributed by atoms with Gasteiger partial charge in [0.2, 0.25) is 0 Å². The minimum absolute atomic E-state index is 0.758. The topological polar surface area (TPSA) is 17.3 Å². The van der Waals surface area contributed by atoms with E-state index in [0.717, 1.165) is 27.4 Å². The van der Waals surface area contributed by atoms with Gasteiger partial charge in [0.15, 0.2) is 0 Å². The third-order valence-electron chi connectivity index (χ3n) is 3.09. The minimum atomic E-state index is 0.758. The van der Waals surface area contributed by atoms with E-state index in [1.54, 1.807) is 0 Å². The second-order valence-electron chi connectivity index (χ2n) is 4.58. The molecule has 2 nitrogen and oxygen atoms in total. The molecule has 0 aliphatic carbocycles. The molecule has 0 saturated carbocycles. The molecular weight excluding hydrogens is 324 g/mol. The zero-order chi connectivity index (χ0) is 13.4. The van der Waals surface area contributed by atoms with Crippen LogP contribution in [0.3, 0.4) is 0 Å². The largest absolute Gasteiger partial charge is 0.302 e. The van der Waals surface area contributed by atoms with Gasteiger partial charge < -0.3 is 4.40 Å². The summed E-state index contributed by atoms with van der Waals surface area (Å²) in [6, 6.07) is 12.1. The molecule has 3 rings (SSSR count). The van der Waals surface area contributed by atoms with E-state index >= 15 is 0 Å². The van der Waals surface area contributed by atoms with Crippen LogP contribution >= 0.6 is 27.5 Å². The first-order valence-electron chi connectivity index (χ1n) is 6.01. The Morgan fingerprint density at radius 2 is 1.89 bits per heavy atom. The Bertz CT molecular complexity index is 732. The lowest BCUT2D eigenvalue weighted by Gasteiger charge is -2.03. The van der Waals surface area contributed by atoms with Crippen LogP contribution in [-0.4, -0.2) is 9.38 Å². The van der Waals surface area contributed by atoms with Crippen molar-refractivity contribution in [2.75, 3.05) is 0 Å². The second kappa shape index (κ2) is 4.99. The van der Waals surface area contributed by atoms with E-state index in [-0.39, 0.29) is 0 Å². The molecule has 0 bridgehead atoms. The summed E-state index contributed by atoms with van der Waals surface area (Å²) < 4.78 is 3.02. The van der Waals surface area contributed by atoms with Crippen molar-refractivity contribution in [2.24, 2.45) is 0 Å². The highest BCUT2D eigenvalue weighted by Crippen LogP contribution is 2.22. The van der Waals surface area contributed by atoms with Crippen LogP contribution in [0.1, 0.15) is 17.0 Å². The van der Waals surface area contributed by atoms with Gasteiger partial charge in [0, 0.05) is 17.6 Å². The van der Waals surface area contributed by atoms with E-state index in [0.29, 0.717) is 0 Å². The average Bonchev–Trinajstić information content (AvgIpc) is 2.69. The van der Waals surface area contributed by atoms with E-state index in [1.807, 2.05) is 24.3 Å². The van der Waals surface area contributed by atoms with Crippen LogP contribution in [0.25, 0.3) is 5.52 Å². The van der Waals surface area contributed by atoms with Gasteiger partial charge in [-0.2, -0.15) is 0 Å². The maximum Gasteiger partial charge on any atom is 0.132 e. The number of nitrogens with zero attached hydrogens (tertiary/aromatic N) is 2. The number of hydrogen-bond donors (Lipinski definition) is 0. The minimum Gasteiger partial charge on any atom is -0.302 e. The molecule has 3 aromatic rings. The molecule has 1 aromatic carbocycles. The first-order chi connectivity index (χ1) is 9.13. The second-order valence-corrected chi connectivity index (χ2v) is 5.77. The molecule has 0 aliphatic rings. The Kier molecular flexibility index (Phi) is 3.33. The van der Waals surface area contributed by atoms with Gasteiger partial charge in [-0.3, -0.25) is 0 Å². The fourth-order valence-electron chi connectivity index (χ4n) is 2.12. The van der Waals surface area contributed by atoms with Gasteiger partial charge in [-0.1, -0.05) is 29.8 Å². The normalized spacial score (nSPS) is 11.1. The van der Waals surface area contributed by atoms with Gasteiger partial charge in [0.1, 0.15) is 10.4 Å². The molecule has 96 valence electrons. The third-order valence-corrected chi connectivity index (χ3v) is 3.92. The number of benzene rings is 1. The monoisotopic (exact) mass is 334 g/mol. The van der Waals surface area contributed by atoms with E-state index in [2.05, 4.69) is 50.6 Å². The molecule has 0 spiro atoms. The molecule has 0 radical (unpaired) electrons. The molecule has 0 atom stereocenters. The molecule has 0 amide bonds. The van der Waals surface area contributed by atoms with Crippen molar-refractivity contribution in [3.63, 3.8) is 0 Å². The van der Waals surface area contributed by atoms with Crippen LogP contribution in [0.5, 0.6) is 0 Å². The Balaban J connectivity index is 2.05. The highest BCUT2D eigenvalue weighted by Gasteiger charge is 2.09. The van der Waals surface area contributed by atoms with Crippen LogP contribution < -0.4 is 0 Å². The van der Waals surface area contributed by atoms with Crippen LogP contribution in [0.2, 0.25) is 5.02 Å². The number of fused-ring (bicyclic) bond motifs is 1. The van der Waals surface area contributed by atoms with Gasteiger partial charge >= 0.3 is 0 Å².